The molecule has 19 heavy (non-hydrogen) atoms. The summed E-state index contributed by atoms with van der Waals surface area (Å²) in [5, 5.41) is 22.0. The number of rotatable bonds is 4. The van der Waals surface area contributed by atoms with E-state index in [1.165, 1.54) is 23.6 Å². The molecule has 0 saturated heterocycles. The van der Waals surface area contributed by atoms with Gasteiger partial charge in [0, 0.05) is 5.25 Å². The molecule has 2 unspecified atom stereocenters. The van der Waals surface area contributed by atoms with Gasteiger partial charge in [0.15, 0.2) is 0 Å². The van der Waals surface area contributed by atoms with Crippen LogP contribution in [0.2, 0.25) is 0 Å². The number of hydrogen-bond acceptors (Lipinski definition) is 7. The van der Waals surface area contributed by atoms with E-state index in [0.717, 1.165) is 32.1 Å². The van der Waals surface area contributed by atoms with Gasteiger partial charge in [-0.05, 0) is 23.3 Å². The number of methoxy groups -OCH3 is 1. The molecule has 1 aromatic rings. The molecule has 0 radical (unpaired) electrons. The Labute approximate surface area is 115 Å². The van der Waals surface area contributed by atoms with E-state index >= 15 is 0 Å². The van der Waals surface area contributed by atoms with Crippen molar-refractivity contribution in [3.8, 4) is 0 Å². The van der Waals surface area contributed by atoms with Crippen molar-refractivity contribution < 1.29 is 14.6 Å². The number of tetrazole rings is 1. The van der Waals surface area contributed by atoms with Crippen molar-refractivity contribution in [3.05, 3.63) is 0 Å². The number of ether oxygens (including phenoxy) is 1. The zero-order valence-electron chi connectivity index (χ0n) is 10.9. The molecule has 1 fully saturated rings. The minimum absolute atomic E-state index is 0.00531. The summed E-state index contributed by atoms with van der Waals surface area (Å²) in [5.74, 6) is -0.393. The van der Waals surface area contributed by atoms with Crippen LogP contribution in [-0.4, -0.2) is 49.7 Å². The molecule has 7 nitrogen and oxygen atoms in total. The summed E-state index contributed by atoms with van der Waals surface area (Å²) >= 11 is 1.44. The minimum atomic E-state index is -0.393. The second-order valence-corrected chi connectivity index (χ2v) is 5.76. The van der Waals surface area contributed by atoms with Crippen molar-refractivity contribution in [1.29, 1.82) is 0 Å². The number of carbonyl (C=O) groups excluding carboxylic acids is 1. The lowest BCUT2D eigenvalue weighted by Gasteiger charge is -2.18. The van der Waals surface area contributed by atoms with Crippen molar-refractivity contribution in [2.75, 3.05) is 7.11 Å². The molecule has 1 aromatic heterocycles. The van der Waals surface area contributed by atoms with E-state index in [2.05, 4.69) is 20.3 Å². The second-order valence-electron chi connectivity index (χ2n) is 4.56. The third-order valence-electron chi connectivity index (χ3n) is 3.18. The molecule has 8 heteroatoms. The van der Waals surface area contributed by atoms with Crippen LogP contribution >= 0.6 is 11.8 Å². The first-order chi connectivity index (χ1) is 9.20. The zero-order valence-corrected chi connectivity index (χ0v) is 11.7. The highest BCUT2D eigenvalue weighted by Crippen LogP contribution is 2.31. The third kappa shape index (κ3) is 3.90. The lowest BCUT2D eigenvalue weighted by molar-refractivity contribution is -0.141. The van der Waals surface area contributed by atoms with E-state index in [0.29, 0.717) is 5.16 Å². The molecule has 1 N–H and O–H groups in total. The molecule has 1 aliphatic rings. The Hall–Kier alpha value is -1.15. The fraction of sp³-hybridized carbons (Fsp3) is 0.818. The van der Waals surface area contributed by atoms with Gasteiger partial charge in [-0.25, -0.2) is 4.68 Å². The topological polar surface area (TPSA) is 90.1 Å². The highest BCUT2D eigenvalue weighted by molar-refractivity contribution is 7.99. The number of carbonyl (C=O) groups is 1. The summed E-state index contributed by atoms with van der Waals surface area (Å²) in [5.41, 5.74) is 0. The van der Waals surface area contributed by atoms with Crippen LogP contribution in [0.15, 0.2) is 5.16 Å². The summed E-state index contributed by atoms with van der Waals surface area (Å²) < 4.78 is 6.01. The maximum absolute atomic E-state index is 11.2. The van der Waals surface area contributed by atoms with Gasteiger partial charge < -0.3 is 9.84 Å². The molecule has 2 atom stereocenters. The highest BCUT2D eigenvalue weighted by atomic mass is 32.2. The maximum atomic E-state index is 11.2. The van der Waals surface area contributed by atoms with Crippen molar-refractivity contribution >= 4 is 17.7 Å². The maximum Gasteiger partial charge on any atom is 0.327 e. The molecule has 2 rings (SSSR count). The van der Waals surface area contributed by atoms with Crippen LogP contribution < -0.4 is 0 Å². The van der Waals surface area contributed by atoms with Gasteiger partial charge in [-0.15, -0.1) is 5.10 Å². The van der Waals surface area contributed by atoms with Gasteiger partial charge in [0.05, 0.1) is 13.2 Å². The van der Waals surface area contributed by atoms with Gasteiger partial charge >= 0.3 is 5.97 Å². The van der Waals surface area contributed by atoms with Crippen LogP contribution in [0.4, 0.5) is 0 Å². The molecule has 0 bridgehead atoms. The Balaban J connectivity index is 2.01. The number of nitrogens with zero attached hydrogens (tertiary/aromatic N) is 4. The quantitative estimate of drug-likeness (QED) is 0.641. The molecular formula is C11H18N4O3S. The molecule has 0 aromatic carbocycles. The van der Waals surface area contributed by atoms with Crippen LogP contribution in [-0.2, 0) is 16.1 Å². The summed E-state index contributed by atoms with van der Waals surface area (Å²) in [6.45, 7) is -0.00531. The smallest absolute Gasteiger partial charge is 0.327 e. The fourth-order valence-corrected chi connectivity index (χ4v) is 3.25. The first-order valence-electron chi connectivity index (χ1n) is 6.38. The minimum Gasteiger partial charge on any atom is -0.468 e. The molecule has 0 amide bonds. The number of aliphatic hydroxyl groups is 1. The lowest BCUT2D eigenvalue weighted by Crippen LogP contribution is -2.22. The Bertz CT molecular complexity index is 426. The van der Waals surface area contributed by atoms with E-state index in [1.54, 1.807) is 0 Å². The third-order valence-corrected chi connectivity index (χ3v) is 4.54. The molecular weight excluding hydrogens is 268 g/mol. The Kier molecular flexibility index (Phi) is 5.15. The normalized spacial score (nSPS) is 23.9. The summed E-state index contributed by atoms with van der Waals surface area (Å²) in [6, 6.07) is 0. The predicted octanol–water partition coefficient (Wildman–Crippen LogP) is 0.632. The largest absolute Gasteiger partial charge is 0.468 e. The molecule has 1 heterocycles. The first kappa shape index (κ1) is 14.3. The van der Waals surface area contributed by atoms with E-state index in [4.69, 9.17) is 0 Å². The van der Waals surface area contributed by atoms with Crippen LogP contribution in [0.25, 0.3) is 0 Å². The molecule has 0 aliphatic heterocycles. The van der Waals surface area contributed by atoms with Gasteiger partial charge in [0.1, 0.15) is 6.54 Å². The molecule has 0 spiro atoms. The van der Waals surface area contributed by atoms with Crippen molar-refractivity contribution in [2.45, 2.75) is 55.2 Å². The molecule has 1 aliphatic carbocycles. The van der Waals surface area contributed by atoms with E-state index in [-0.39, 0.29) is 17.9 Å². The molecule has 1 saturated carbocycles. The second kappa shape index (κ2) is 6.85. The van der Waals surface area contributed by atoms with Gasteiger partial charge in [0.25, 0.3) is 0 Å². The van der Waals surface area contributed by atoms with E-state index in [1.807, 2.05) is 0 Å². The number of aliphatic hydroxyl groups excluding tert-OH is 1. The van der Waals surface area contributed by atoms with E-state index < -0.39 is 5.97 Å². The van der Waals surface area contributed by atoms with Crippen molar-refractivity contribution in [3.63, 3.8) is 0 Å². The van der Waals surface area contributed by atoms with Crippen LogP contribution in [0, 0.1) is 0 Å². The fourth-order valence-electron chi connectivity index (χ4n) is 2.09. The standard InChI is InChI=1S/C11H18N4O3S/c1-18-10(17)7-15-11(12-13-14-15)19-9-6-4-2-3-5-8(9)16/h8-9,16H,2-7H2,1H3. The van der Waals surface area contributed by atoms with E-state index in [9.17, 15) is 9.90 Å². The Morgan fingerprint density at radius 2 is 2.26 bits per heavy atom. The van der Waals surface area contributed by atoms with Crippen molar-refractivity contribution in [1.82, 2.24) is 20.2 Å². The summed E-state index contributed by atoms with van der Waals surface area (Å²) in [6.07, 6.45) is 4.74. The van der Waals surface area contributed by atoms with Gasteiger partial charge in [-0.3, -0.25) is 4.79 Å². The summed E-state index contributed by atoms with van der Waals surface area (Å²) in [7, 11) is 1.33. The Morgan fingerprint density at radius 1 is 1.47 bits per heavy atom. The summed E-state index contributed by atoms with van der Waals surface area (Å²) in [4.78, 5) is 11.2. The SMILES string of the molecule is COC(=O)Cn1nnnc1SC1CCCCCC1O. The number of esters is 1. The molecule has 106 valence electrons. The number of thioether (sulfide) groups is 1. The van der Waals surface area contributed by atoms with Crippen LogP contribution in [0.5, 0.6) is 0 Å². The van der Waals surface area contributed by atoms with Gasteiger partial charge in [-0.1, -0.05) is 31.0 Å². The monoisotopic (exact) mass is 286 g/mol. The lowest BCUT2D eigenvalue weighted by atomic mass is 10.1. The van der Waals surface area contributed by atoms with Crippen molar-refractivity contribution in [2.24, 2.45) is 0 Å². The van der Waals surface area contributed by atoms with Crippen LogP contribution in [0.1, 0.15) is 32.1 Å². The zero-order chi connectivity index (χ0) is 13.7. The number of aromatic nitrogens is 4. The average molecular weight is 286 g/mol. The average Bonchev–Trinajstić information content (AvgIpc) is 2.73. The predicted molar refractivity (Wildman–Crippen MR) is 68.6 cm³/mol. The van der Waals surface area contributed by atoms with Gasteiger partial charge in [-0.2, -0.15) is 0 Å². The highest BCUT2D eigenvalue weighted by Gasteiger charge is 2.25. The Morgan fingerprint density at radius 3 is 3.05 bits per heavy atom. The van der Waals surface area contributed by atoms with Crippen LogP contribution in [0.3, 0.4) is 0 Å². The number of hydrogen-bond donors (Lipinski definition) is 1. The first-order valence-corrected chi connectivity index (χ1v) is 7.26. The van der Waals surface area contributed by atoms with Gasteiger partial charge in [0.2, 0.25) is 5.16 Å².